The maximum Gasteiger partial charge on any atom is 0.135 e. The van der Waals surface area contributed by atoms with E-state index in [0.29, 0.717) is 0 Å². The molecule has 0 radical (unpaired) electrons. The van der Waals surface area contributed by atoms with Crippen molar-refractivity contribution in [2.24, 2.45) is 0 Å². The normalized spacial score (nSPS) is 11.9. The molecule has 2 nitrogen and oxygen atoms in total. The second kappa shape index (κ2) is 5.74. The van der Waals surface area contributed by atoms with Crippen LogP contribution in [0.4, 0.5) is 0 Å². The van der Waals surface area contributed by atoms with Gasteiger partial charge in [-0.25, -0.2) is 0 Å². The van der Waals surface area contributed by atoms with Crippen LogP contribution in [0.25, 0.3) is 54.9 Å². The van der Waals surface area contributed by atoms with Crippen LogP contribution in [0.1, 0.15) is 6.92 Å². The van der Waals surface area contributed by atoms with Crippen LogP contribution >= 0.6 is 0 Å². The Morgan fingerprint density at radius 3 is 2.11 bits per heavy atom. The maximum atomic E-state index is 5.99. The average molecular weight is 361 g/mol. The first-order valence-electron chi connectivity index (χ1n) is 9.76. The fourth-order valence-corrected chi connectivity index (χ4v) is 4.48. The lowest BCUT2D eigenvalue weighted by atomic mass is 10.0. The smallest absolute Gasteiger partial charge is 0.135 e. The van der Waals surface area contributed by atoms with E-state index in [1.165, 1.54) is 43.7 Å². The van der Waals surface area contributed by atoms with Gasteiger partial charge < -0.3 is 8.98 Å². The molecule has 0 spiro atoms. The SMILES string of the molecule is CCn1c2ccccc2c2cc(-c3ccc4oc5ccccc5c4c3)ccc21. The van der Waals surface area contributed by atoms with Crippen LogP contribution in [0, 0.1) is 0 Å². The molecule has 0 aliphatic rings. The summed E-state index contributed by atoms with van der Waals surface area (Å²) >= 11 is 0. The number of hydrogen-bond donors (Lipinski definition) is 0. The third-order valence-electron chi connectivity index (χ3n) is 5.80. The second-order valence-corrected chi connectivity index (χ2v) is 7.30. The molecule has 0 amide bonds. The lowest BCUT2D eigenvalue weighted by molar-refractivity contribution is 0.669. The van der Waals surface area contributed by atoms with Crippen molar-refractivity contribution in [1.29, 1.82) is 0 Å². The summed E-state index contributed by atoms with van der Waals surface area (Å²) in [5.41, 5.74) is 6.92. The Morgan fingerprint density at radius 2 is 1.25 bits per heavy atom. The van der Waals surface area contributed by atoms with Gasteiger partial charge in [0.2, 0.25) is 0 Å². The standard InChI is InChI=1S/C26H19NO/c1-2-27-23-9-5-3-7-19(23)21-15-17(11-13-24(21)27)18-12-14-26-22(16-18)20-8-4-6-10-25(20)28-26/h3-16H,2H2,1H3. The Kier molecular flexibility index (Phi) is 3.18. The summed E-state index contributed by atoms with van der Waals surface area (Å²) in [7, 11) is 0. The topological polar surface area (TPSA) is 18.1 Å². The van der Waals surface area contributed by atoms with Gasteiger partial charge in [0.25, 0.3) is 0 Å². The highest BCUT2D eigenvalue weighted by Crippen LogP contribution is 2.35. The van der Waals surface area contributed by atoms with Crippen molar-refractivity contribution < 1.29 is 4.42 Å². The molecule has 0 saturated carbocycles. The van der Waals surface area contributed by atoms with Crippen molar-refractivity contribution in [2.45, 2.75) is 13.5 Å². The van der Waals surface area contributed by atoms with E-state index in [1.54, 1.807) is 0 Å². The number of fused-ring (bicyclic) bond motifs is 6. The molecule has 0 fully saturated rings. The van der Waals surface area contributed by atoms with Crippen LogP contribution in [-0.4, -0.2) is 4.57 Å². The highest BCUT2D eigenvalue weighted by molar-refractivity contribution is 6.10. The summed E-state index contributed by atoms with van der Waals surface area (Å²) in [4.78, 5) is 0. The number of aryl methyl sites for hydroxylation is 1. The van der Waals surface area contributed by atoms with Crippen molar-refractivity contribution in [3.63, 3.8) is 0 Å². The molecule has 0 N–H and O–H groups in total. The molecule has 0 bridgehead atoms. The Hall–Kier alpha value is -3.52. The fourth-order valence-electron chi connectivity index (χ4n) is 4.48. The molecule has 2 aromatic heterocycles. The highest BCUT2D eigenvalue weighted by atomic mass is 16.3. The zero-order valence-corrected chi connectivity index (χ0v) is 15.6. The third kappa shape index (κ3) is 2.09. The molecule has 6 rings (SSSR count). The molecule has 2 heterocycles. The van der Waals surface area contributed by atoms with Crippen molar-refractivity contribution >= 4 is 43.7 Å². The molecule has 28 heavy (non-hydrogen) atoms. The van der Waals surface area contributed by atoms with Crippen LogP contribution < -0.4 is 0 Å². The van der Waals surface area contributed by atoms with Gasteiger partial charge in [0.05, 0.1) is 0 Å². The number of nitrogens with zero attached hydrogens (tertiary/aromatic N) is 1. The number of rotatable bonds is 2. The Balaban J connectivity index is 1.62. The van der Waals surface area contributed by atoms with E-state index in [4.69, 9.17) is 4.42 Å². The van der Waals surface area contributed by atoms with Gasteiger partial charge in [-0.3, -0.25) is 0 Å². The minimum absolute atomic E-state index is 0.939. The van der Waals surface area contributed by atoms with E-state index in [1.807, 2.05) is 12.1 Å². The first kappa shape index (κ1) is 15.5. The van der Waals surface area contributed by atoms with Gasteiger partial charge in [-0.2, -0.15) is 0 Å². The number of furan rings is 1. The van der Waals surface area contributed by atoms with Crippen molar-refractivity contribution in [3.05, 3.63) is 84.9 Å². The van der Waals surface area contributed by atoms with E-state index in [9.17, 15) is 0 Å². The summed E-state index contributed by atoms with van der Waals surface area (Å²) in [5, 5.41) is 4.97. The average Bonchev–Trinajstić information content (AvgIpc) is 3.28. The molecule has 0 aliphatic heterocycles. The summed E-state index contributed by atoms with van der Waals surface area (Å²) < 4.78 is 8.38. The zero-order chi connectivity index (χ0) is 18.7. The van der Waals surface area contributed by atoms with Gasteiger partial charge in [0.15, 0.2) is 0 Å². The quantitative estimate of drug-likeness (QED) is 0.314. The minimum Gasteiger partial charge on any atom is -0.456 e. The lowest BCUT2D eigenvalue weighted by Gasteiger charge is -2.05. The van der Waals surface area contributed by atoms with E-state index >= 15 is 0 Å². The molecular formula is C26H19NO. The molecule has 0 saturated heterocycles. The van der Waals surface area contributed by atoms with Gasteiger partial charge in [0.1, 0.15) is 11.2 Å². The van der Waals surface area contributed by atoms with Crippen molar-refractivity contribution in [2.75, 3.05) is 0 Å². The predicted molar refractivity (Wildman–Crippen MR) is 118 cm³/mol. The summed E-state index contributed by atoms with van der Waals surface area (Å²) in [5.74, 6) is 0. The molecule has 6 aromatic rings. The first-order valence-corrected chi connectivity index (χ1v) is 9.76. The number of benzene rings is 4. The van der Waals surface area contributed by atoms with E-state index < -0.39 is 0 Å². The third-order valence-corrected chi connectivity index (χ3v) is 5.80. The molecular weight excluding hydrogens is 342 g/mol. The summed E-state index contributed by atoms with van der Waals surface area (Å²) in [6.07, 6.45) is 0. The van der Waals surface area contributed by atoms with Crippen LogP contribution in [-0.2, 0) is 6.54 Å². The zero-order valence-electron chi connectivity index (χ0n) is 15.6. The van der Waals surface area contributed by atoms with Gasteiger partial charge in [-0.15, -0.1) is 0 Å². The number of para-hydroxylation sites is 2. The second-order valence-electron chi connectivity index (χ2n) is 7.30. The van der Waals surface area contributed by atoms with E-state index in [-0.39, 0.29) is 0 Å². The van der Waals surface area contributed by atoms with Crippen LogP contribution in [0.15, 0.2) is 89.3 Å². The maximum absolute atomic E-state index is 5.99. The van der Waals surface area contributed by atoms with E-state index in [0.717, 1.165) is 17.7 Å². The molecule has 0 unspecified atom stereocenters. The molecule has 0 aliphatic carbocycles. The van der Waals surface area contributed by atoms with Crippen LogP contribution in [0.5, 0.6) is 0 Å². The Morgan fingerprint density at radius 1 is 0.607 bits per heavy atom. The van der Waals surface area contributed by atoms with Gasteiger partial charge in [0, 0.05) is 39.1 Å². The van der Waals surface area contributed by atoms with Gasteiger partial charge >= 0.3 is 0 Å². The molecule has 2 heteroatoms. The van der Waals surface area contributed by atoms with Crippen molar-refractivity contribution in [3.8, 4) is 11.1 Å². The van der Waals surface area contributed by atoms with Crippen LogP contribution in [0.2, 0.25) is 0 Å². The number of aromatic nitrogens is 1. The Bertz CT molecular complexity index is 1500. The summed E-state index contributed by atoms with van der Waals surface area (Å²) in [6.45, 7) is 3.17. The summed E-state index contributed by atoms with van der Waals surface area (Å²) in [6, 6.07) is 30.2. The first-order chi connectivity index (χ1) is 13.8. The molecule has 4 aromatic carbocycles. The molecule has 0 atom stereocenters. The Labute approximate surface area is 162 Å². The van der Waals surface area contributed by atoms with Crippen LogP contribution in [0.3, 0.4) is 0 Å². The predicted octanol–water partition coefficient (Wildman–Crippen LogP) is 7.38. The van der Waals surface area contributed by atoms with Gasteiger partial charge in [-0.1, -0.05) is 48.5 Å². The van der Waals surface area contributed by atoms with E-state index in [2.05, 4.69) is 84.3 Å². The monoisotopic (exact) mass is 361 g/mol. The number of hydrogen-bond acceptors (Lipinski definition) is 1. The highest BCUT2D eigenvalue weighted by Gasteiger charge is 2.12. The molecule has 134 valence electrons. The largest absolute Gasteiger partial charge is 0.456 e. The van der Waals surface area contributed by atoms with Crippen molar-refractivity contribution in [1.82, 2.24) is 4.57 Å². The lowest BCUT2D eigenvalue weighted by Crippen LogP contribution is -1.92. The fraction of sp³-hybridized carbons (Fsp3) is 0.0769. The van der Waals surface area contributed by atoms with Gasteiger partial charge in [-0.05, 0) is 54.4 Å². The minimum atomic E-state index is 0.939.